The van der Waals surface area contributed by atoms with Gasteiger partial charge in [0, 0.05) is 67.6 Å². The fraction of sp³-hybridized carbons (Fsp3) is 0.320. The molecule has 0 atom stereocenters. The van der Waals surface area contributed by atoms with Crippen LogP contribution in [0.1, 0.15) is 11.1 Å². The highest BCUT2D eigenvalue weighted by Crippen LogP contribution is 2.20. The minimum atomic E-state index is -0.270. The maximum absolute atomic E-state index is 13.5. The Morgan fingerprint density at radius 3 is 2.71 bits per heavy atom. The zero-order chi connectivity index (χ0) is 23.5. The number of halogens is 1. The number of hydrogen-bond donors (Lipinski definition) is 3. The van der Waals surface area contributed by atoms with Gasteiger partial charge in [-0.25, -0.2) is 9.37 Å². The standard InChI is InChI=1S/C25H27FN6O2/c26-19-3-4-22-21(13-19)17(14-29-22)5-7-27-23(33)16-31-8-10-32(11-9-31)24(34)12-18-15-30-25-20(18)2-1-6-28-25/h1-4,6,13-15,29H,5,7-12,16H2,(H,27,33)(H,28,30). The summed E-state index contributed by atoms with van der Waals surface area (Å²) < 4.78 is 13.5. The van der Waals surface area contributed by atoms with E-state index in [0.717, 1.165) is 33.1 Å². The largest absolute Gasteiger partial charge is 0.361 e. The monoisotopic (exact) mass is 462 g/mol. The van der Waals surface area contributed by atoms with Crippen molar-refractivity contribution >= 4 is 33.8 Å². The molecule has 3 aromatic heterocycles. The van der Waals surface area contributed by atoms with Crippen molar-refractivity contribution in [2.24, 2.45) is 0 Å². The lowest BCUT2D eigenvalue weighted by molar-refractivity contribution is -0.132. The maximum Gasteiger partial charge on any atom is 0.234 e. The molecule has 4 aromatic rings. The zero-order valence-electron chi connectivity index (χ0n) is 18.8. The number of nitrogens with one attached hydrogen (secondary N) is 3. The number of pyridine rings is 1. The second-order valence-electron chi connectivity index (χ2n) is 8.65. The molecule has 0 aliphatic carbocycles. The molecule has 1 aliphatic rings. The predicted octanol–water partition coefficient (Wildman–Crippen LogP) is 2.23. The Bertz CT molecular complexity index is 1320. The van der Waals surface area contributed by atoms with Crippen LogP contribution in [0.2, 0.25) is 0 Å². The van der Waals surface area contributed by atoms with E-state index in [4.69, 9.17) is 0 Å². The molecule has 8 nitrogen and oxygen atoms in total. The summed E-state index contributed by atoms with van der Waals surface area (Å²) in [7, 11) is 0. The number of benzene rings is 1. The molecule has 0 bridgehead atoms. The topological polar surface area (TPSA) is 97.1 Å². The number of amides is 2. The van der Waals surface area contributed by atoms with Crippen molar-refractivity contribution in [2.45, 2.75) is 12.8 Å². The molecule has 1 fully saturated rings. The third kappa shape index (κ3) is 4.79. The Morgan fingerprint density at radius 2 is 1.85 bits per heavy atom. The summed E-state index contributed by atoms with van der Waals surface area (Å²) in [5.74, 6) is -0.227. The van der Waals surface area contributed by atoms with Crippen LogP contribution in [0.25, 0.3) is 21.9 Å². The normalized spacial score (nSPS) is 14.7. The van der Waals surface area contributed by atoms with Gasteiger partial charge in [-0.1, -0.05) is 0 Å². The molecule has 0 saturated carbocycles. The Balaban J connectivity index is 1.05. The number of rotatable bonds is 7. The molecular weight excluding hydrogens is 435 g/mol. The first kappa shape index (κ1) is 22.1. The number of carbonyl (C=O) groups is 2. The number of hydrogen-bond acceptors (Lipinski definition) is 4. The van der Waals surface area contributed by atoms with E-state index < -0.39 is 0 Å². The molecule has 176 valence electrons. The van der Waals surface area contributed by atoms with E-state index in [-0.39, 0.29) is 17.6 Å². The van der Waals surface area contributed by atoms with Gasteiger partial charge in [-0.05, 0) is 47.9 Å². The van der Waals surface area contributed by atoms with Gasteiger partial charge >= 0.3 is 0 Å². The average Bonchev–Trinajstić information content (AvgIpc) is 3.43. The zero-order valence-corrected chi connectivity index (χ0v) is 18.8. The van der Waals surface area contributed by atoms with Gasteiger partial charge in [0.2, 0.25) is 11.8 Å². The lowest BCUT2D eigenvalue weighted by Crippen LogP contribution is -2.51. The van der Waals surface area contributed by atoms with E-state index in [2.05, 4.69) is 25.2 Å². The van der Waals surface area contributed by atoms with Crippen LogP contribution < -0.4 is 5.32 Å². The van der Waals surface area contributed by atoms with Gasteiger partial charge in [0.05, 0.1) is 13.0 Å². The van der Waals surface area contributed by atoms with E-state index in [1.165, 1.54) is 12.1 Å². The summed E-state index contributed by atoms with van der Waals surface area (Å²) in [5, 5.41) is 4.77. The maximum atomic E-state index is 13.5. The molecule has 34 heavy (non-hydrogen) atoms. The lowest BCUT2D eigenvalue weighted by atomic mass is 10.1. The van der Waals surface area contributed by atoms with Crippen LogP contribution in [-0.4, -0.2) is 75.8 Å². The van der Waals surface area contributed by atoms with Crippen molar-refractivity contribution in [1.29, 1.82) is 0 Å². The first-order valence-electron chi connectivity index (χ1n) is 11.5. The second-order valence-corrected chi connectivity index (χ2v) is 8.65. The van der Waals surface area contributed by atoms with Gasteiger partial charge in [-0.3, -0.25) is 14.5 Å². The molecule has 1 aliphatic heterocycles. The fourth-order valence-electron chi connectivity index (χ4n) is 4.54. The predicted molar refractivity (Wildman–Crippen MR) is 128 cm³/mol. The number of aromatic amines is 2. The van der Waals surface area contributed by atoms with E-state index in [1.807, 2.05) is 29.4 Å². The van der Waals surface area contributed by atoms with Crippen molar-refractivity contribution in [3.63, 3.8) is 0 Å². The number of aromatic nitrogens is 3. The van der Waals surface area contributed by atoms with Crippen molar-refractivity contribution in [2.75, 3.05) is 39.3 Å². The van der Waals surface area contributed by atoms with Crippen LogP contribution in [-0.2, 0) is 22.4 Å². The van der Waals surface area contributed by atoms with Crippen LogP contribution >= 0.6 is 0 Å². The number of nitrogens with zero attached hydrogens (tertiary/aromatic N) is 3. The summed E-state index contributed by atoms with van der Waals surface area (Å²) in [6.07, 6.45) is 6.40. The van der Waals surface area contributed by atoms with Crippen molar-refractivity contribution in [3.8, 4) is 0 Å². The van der Waals surface area contributed by atoms with E-state index >= 15 is 0 Å². The Hall–Kier alpha value is -3.72. The lowest BCUT2D eigenvalue weighted by Gasteiger charge is -2.34. The molecule has 0 spiro atoms. The number of H-pyrrole nitrogens is 2. The van der Waals surface area contributed by atoms with Crippen LogP contribution in [0.5, 0.6) is 0 Å². The van der Waals surface area contributed by atoms with Gasteiger partial charge in [0.25, 0.3) is 0 Å². The molecular formula is C25H27FN6O2. The van der Waals surface area contributed by atoms with Crippen LogP contribution in [0.3, 0.4) is 0 Å². The van der Waals surface area contributed by atoms with Gasteiger partial charge in [0.15, 0.2) is 0 Å². The molecule has 0 radical (unpaired) electrons. The summed E-state index contributed by atoms with van der Waals surface area (Å²) in [6.45, 7) is 3.33. The number of fused-ring (bicyclic) bond motifs is 2. The van der Waals surface area contributed by atoms with Crippen LogP contribution in [0.4, 0.5) is 4.39 Å². The van der Waals surface area contributed by atoms with Gasteiger partial charge < -0.3 is 20.2 Å². The first-order valence-corrected chi connectivity index (χ1v) is 11.5. The highest BCUT2D eigenvalue weighted by Gasteiger charge is 2.23. The van der Waals surface area contributed by atoms with E-state index in [1.54, 1.807) is 12.3 Å². The highest BCUT2D eigenvalue weighted by atomic mass is 19.1. The van der Waals surface area contributed by atoms with Crippen molar-refractivity contribution < 1.29 is 14.0 Å². The quantitative estimate of drug-likeness (QED) is 0.392. The Kier molecular flexibility index (Phi) is 6.27. The first-order chi connectivity index (χ1) is 16.6. The third-order valence-electron chi connectivity index (χ3n) is 6.42. The second kappa shape index (κ2) is 9.64. The van der Waals surface area contributed by atoms with Crippen LogP contribution in [0, 0.1) is 5.82 Å². The Morgan fingerprint density at radius 1 is 1.03 bits per heavy atom. The van der Waals surface area contributed by atoms with E-state index in [9.17, 15) is 14.0 Å². The van der Waals surface area contributed by atoms with Gasteiger partial charge in [0.1, 0.15) is 11.5 Å². The molecule has 0 unspecified atom stereocenters. The fourth-order valence-corrected chi connectivity index (χ4v) is 4.54. The SMILES string of the molecule is O=C(CN1CCN(C(=O)Cc2c[nH]c3ncccc23)CC1)NCCc1c[nH]c2ccc(F)cc12. The van der Waals surface area contributed by atoms with Gasteiger partial charge in [-0.15, -0.1) is 0 Å². The van der Waals surface area contributed by atoms with Crippen molar-refractivity contribution in [3.05, 3.63) is 65.9 Å². The number of piperazine rings is 1. The smallest absolute Gasteiger partial charge is 0.234 e. The summed E-state index contributed by atoms with van der Waals surface area (Å²) >= 11 is 0. The summed E-state index contributed by atoms with van der Waals surface area (Å²) in [6, 6.07) is 8.49. The molecule has 5 rings (SSSR count). The average molecular weight is 463 g/mol. The van der Waals surface area contributed by atoms with Gasteiger partial charge in [-0.2, -0.15) is 0 Å². The minimum absolute atomic E-state index is 0.0444. The molecule has 2 amide bonds. The Labute approximate surface area is 196 Å². The molecule has 3 N–H and O–H groups in total. The third-order valence-corrected chi connectivity index (χ3v) is 6.42. The van der Waals surface area contributed by atoms with Crippen molar-refractivity contribution in [1.82, 2.24) is 30.1 Å². The molecule has 4 heterocycles. The molecule has 1 saturated heterocycles. The summed E-state index contributed by atoms with van der Waals surface area (Å²) in [5.41, 5.74) is 3.61. The summed E-state index contributed by atoms with van der Waals surface area (Å²) in [4.78, 5) is 39.6. The van der Waals surface area contributed by atoms with Crippen LogP contribution in [0.15, 0.2) is 48.9 Å². The highest BCUT2D eigenvalue weighted by molar-refractivity contribution is 5.87. The minimum Gasteiger partial charge on any atom is -0.361 e. The molecule has 1 aromatic carbocycles. The molecule has 9 heteroatoms. The number of carbonyl (C=O) groups excluding carboxylic acids is 2. The van der Waals surface area contributed by atoms with E-state index in [0.29, 0.717) is 52.1 Å².